The molecule has 1 heterocycles. The maximum Gasteiger partial charge on any atom is 0.357 e. The summed E-state index contributed by atoms with van der Waals surface area (Å²) in [5, 5.41) is 6.03. The average Bonchev–Trinajstić information content (AvgIpc) is 2.95. The predicted octanol–water partition coefficient (Wildman–Crippen LogP) is 3.59. The third kappa shape index (κ3) is 3.86. The third-order valence-electron chi connectivity index (χ3n) is 2.70. The lowest BCUT2D eigenvalue weighted by atomic mass is 10.2. The van der Waals surface area contributed by atoms with Crippen molar-refractivity contribution >= 4 is 34.0 Å². The minimum atomic E-state index is -0.419. The highest BCUT2D eigenvalue weighted by Crippen LogP contribution is 2.27. The van der Waals surface area contributed by atoms with E-state index in [2.05, 4.69) is 10.3 Å². The second-order valence-corrected chi connectivity index (χ2v) is 5.30. The molecule has 7 heteroatoms. The van der Waals surface area contributed by atoms with Gasteiger partial charge in [0.25, 0.3) is 0 Å². The van der Waals surface area contributed by atoms with Crippen LogP contribution >= 0.6 is 22.9 Å². The van der Waals surface area contributed by atoms with Crippen LogP contribution in [0.4, 0.5) is 5.13 Å². The summed E-state index contributed by atoms with van der Waals surface area (Å²) in [5.41, 5.74) is 1.14. The first-order chi connectivity index (χ1) is 10.2. The molecule has 0 atom stereocenters. The molecule has 1 N–H and O–H groups in total. The van der Waals surface area contributed by atoms with Crippen LogP contribution in [0.15, 0.2) is 23.6 Å². The van der Waals surface area contributed by atoms with Gasteiger partial charge < -0.3 is 14.8 Å². The van der Waals surface area contributed by atoms with E-state index in [4.69, 9.17) is 21.1 Å². The molecule has 0 radical (unpaired) electrons. The Morgan fingerprint density at radius 2 is 2.29 bits per heavy atom. The van der Waals surface area contributed by atoms with Gasteiger partial charge in [-0.3, -0.25) is 0 Å². The quantitative estimate of drug-likeness (QED) is 0.822. The molecule has 21 heavy (non-hydrogen) atoms. The van der Waals surface area contributed by atoms with Gasteiger partial charge in [-0.15, -0.1) is 11.3 Å². The summed E-state index contributed by atoms with van der Waals surface area (Å²) in [4.78, 5) is 15.7. The number of rotatable bonds is 6. The highest BCUT2D eigenvalue weighted by atomic mass is 35.5. The molecule has 1 aromatic heterocycles. The standard InChI is InChI=1S/C14H15ClN2O3S/c1-3-20-13(18)11-8-21-14(17-11)16-7-9-10(15)5-4-6-12(9)19-2/h4-6,8H,3,7H2,1-2H3,(H,16,17). The van der Waals surface area contributed by atoms with Gasteiger partial charge in [0.15, 0.2) is 10.8 Å². The summed E-state index contributed by atoms with van der Waals surface area (Å²) in [7, 11) is 1.59. The number of hydrogen-bond donors (Lipinski definition) is 1. The minimum absolute atomic E-state index is 0.301. The smallest absolute Gasteiger partial charge is 0.357 e. The molecule has 112 valence electrons. The van der Waals surface area contributed by atoms with E-state index in [-0.39, 0.29) is 0 Å². The molecule has 0 aliphatic heterocycles. The first-order valence-corrected chi connectivity index (χ1v) is 7.59. The van der Waals surface area contributed by atoms with Gasteiger partial charge in [0, 0.05) is 22.5 Å². The summed E-state index contributed by atoms with van der Waals surface area (Å²) in [6, 6.07) is 5.47. The molecule has 5 nitrogen and oxygen atoms in total. The van der Waals surface area contributed by atoms with Gasteiger partial charge in [-0.05, 0) is 19.1 Å². The summed E-state index contributed by atoms with van der Waals surface area (Å²) in [6.45, 7) is 2.54. The molecule has 0 saturated heterocycles. The number of thiazole rings is 1. The SMILES string of the molecule is CCOC(=O)c1csc(NCc2c(Cl)cccc2OC)n1. The second-order valence-electron chi connectivity index (χ2n) is 4.03. The Bertz CT molecular complexity index is 630. The fraction of sp³-hybridized carbons (Fsp3) is 0.286. The van der Waals surface area contributed by atoms with Gasteiger partial charge in [-0.1, -0.05) is 17.7 Å². The first kappa shape index (κ1) is 15.6. The maximum absolute atomic E-state index is 11.5. The van der Waals surface area contributed by atoms with Crippen molar-refractivity contribution < 1.29 is 14.3 Å². The zero-order valence-corrected chi connectivity index (χ0v) is 13.3. The Labute approximate surface area is 131 Å². The number of hydrogen-bond acceptors (Lipinski definition) is 6. The largest absolute Gasteiger partial charge is 0.496 e. The van der Waals surface area contributed by atoms with Gasteiger partial charge in [0.2, 0.25) is 0 Å². The average molecular weight is 327 g/mol. The summed E-state index contributed by atoms with van der Waals surface area (Å²) in [5.74, 6) is 0.286. The van der Waals surface area contributed by atoms with Gasteiger partial charge in [0.1, 0.15) is 5.75 Å². The fourth-order valence-corrected chi connectivity index (χ4v) is 2.63. The first-order valence-electron chi connectivity index (χ1n) is 6.33. The van der Waals surface area contributed by atoms with Crippen LogP contribution < -0.4 is 10.1 Å². The van der Waals surface area contributed by atoms with Crippen molar-refractivity contribution in [1.82, 2.24) is 4.98 Å². The topological polar surface area (TPSA) is 60.5 Å². The van der Waals surface area contributed by atoms with Crippen molar-refractivity contribution in [2.45, 2.75) is 13.5 Å². The van der Waals surface area contributed by atoms with E-state index in [0.29, 0.717) is 34.7 Å². The van der Waals surface area contributed by atoms with E-state index in [1.54, 1.807) is 25.5 Å². The fourth-order valence-electron chi connectivity index (χ4n) is 1.72. The lowest BCUT2D eigenvalue weighted by Gasteiger charge is -2.10. The van der Waals surface area contributed by atoms with Crippen LogP contribution in [0.25, 0.3) is 0 Å². The molecule has 0 saturated carbocycles. The summed E-state index contributed by atoms with van der Waals surface area (Å²) in [6.07, 6.45) is 0. The molecule has 0 spiro atoms. The number of carbonyl (C=O) groups is 1. The van der Waals surface area contributed by atoms with Crippen LogP contribution in [0.5, 0.6) is 5.75 Å². The number of methoxy groups -OCH3 is 1. The van der Waals surface area contributed by atoms with E-state index >= 15 is 0 Å². The highest BCUT2D eigenvalue weighted by molar-refractivity contribution is 7.13. The van der Waals surface area contributed by atoms with Gasteiger partial charge in [-0.25, -0.2) is 9.78 Å². The molecule has 0 aliphatic rings. The number of nitrogens with one attached hydrogen (secondary N) is 1. The Morgan fingerprint density at radius 1 is 1.48 bits per heavy atom. The molecule has 2 aromatic rings. The van der Waals surface area contributed by atoms with Crippen LogP contribution in [0.3, 0.4) is 0 Å². The molecule has 0 aliphatic carbocycles. The van der Waals surface area contributed by atoms with E-state index < -0.39 is 5.97 Å². The van der Waals surface area contributed by atoms with Crippen LogP contribution in [-0.2, 0) is 11.3 Å². The van der Waals surface area contributed by atoms with Crippen LogP contribution in [0.2, 0.25) is 5.02 Å². The van der Waals surface area contributed by atoms with E-state index in [1.165, 1.54) is 11.3 Å². The Morgan fingerprint density at radius 3 is 3.00 bits per heavy atom. The molecule has 2 rings (SSSR count). The van der Waals surface area contributed by atoms with Crippen molar-refractivity contribution in [2.75, 3.05) is 19.0 Å². The van der Waals surface area contributed by atoms with E-state index in [9.17, 15) is 4.79 Å². The molecule has 0 fully saturated rings. The van der Waals surface area contributed by atoms with Gasteiger partial charge >= 0.3 is 5.97 Å². The second kappa shape index (κ2) is 7.28. The van der Waals surface area contributed by atoms with Crippen LogP contribution in [0.1, 0.15) is 23.0 Å². The zero-order chi connectivity index (χ0) is 15.2. The number of esters is 1. The molecule has 0 unspecified atom stereocenters. The van der Waals surface area contributed by atoms with Crippen molar-refractivity contribution in [1.29, 1.82) is 0 Å². The molecule has 1 aromatic carbocycles. The Kier molecular flexibility index (Phi) is 5.41. The summed E-state index contributed by atoms with van der Waals surface area (Å²) >= 11 is 7.50. The number of anilines is 1. The molecular weight excluding hydrogens is 312 g/mol. The number of aromatic nitrogens is 1. The van der Waals surface area contributed by atoms with Crippen molar-refractivity contribution in [2.24, 2.45) is 0 Å². The molecule has 0 bridgehead atoms. The number of nitrogens with zero attached hydrogens (tertiary/aromatic N) is 1. The number of ether oxygens (including phenoxy) is 2. The van der Waals surface area contributed by atoms with Gasteiger partial charge in [0.05, 0.1) is 13.7 Å². The van der Waals surface area contributed by atoms with Crippen molar-refractivity contribution in [3.63, 3.8) is 0 Å². The van der Waals surface area contributed by atoms with Crippen LogP contribution in [0, 0.1) is 0 Å². The maximum atomic E-state index is 11.5. The lowest BCUT2D eigenvalue weighted by Crippen LogP contribution is -2.06. The van der Waals surface area contributed by atoms with Crippen molar-refractivity contribution in [3.05, 3.63) is 39.9 Å². The minimum Gasteiger partial charge on any atom is -0.496 e. The van der Waals surface area contributed by atoms with E-state index in [0.717, 1.165) is 5.56 Å². The Hall–Kier alpha value is -1.79. The molecule has 0 amide bonds. The normalized spacial score (nSPS) is 10.2. The number of halogens is 1. The third-order valence-corrected chi connectivity index (χ3v) is 3.86. The highest BCUT2D eigenvalue weighted by Gasteiger charge is 2.12. The Balaban J connectivity index is 2.05. The van der Waals surface area contributed by atoms with E-state index in [1.807, 2.05) is 12.1 Å². The predicted molar refractivity (Wildman–Crippen MR) is 83.4 cm³/mol. The number of carbonyl (C=O) groups excluding carboxylic acids is 1. The van der Waals surface area contributed by atoms with Crippen molar-refractivity contribution in [3.8, 4) is 5.75 Å². The molecular formula is C14H15ClN2O3S. The summed E-state index contributed by atoms with van der Waals surface area (Å²) < 4.78 is 10.2. The number of benzene rings is 1. The van der Waals surface area contributed by atoms with Gasteiger partial charge in [-0.2, -0.15) is 0 Å². The zero-order valence-electron chi connectivity index (χ0n) is 11.7. The monoisotopic (exact) mass is 326 g/mol. The van der Waals surface area contributed by atoms with Crippen LogP contribution in [-0.4, -0.2) is 24.7 Å². The lowest BCUT2D eigenvalue weighted by molar-refractivity contribution is 0.0520.